The molecule has 2 aromatic carbocycles. The highest BCUT2D eigenvalue weighted by Gasteiger charge is 2.32. The molecule has 1 aliphatic rings. The number of nitrogens with zero attached hydrogens (tertiary/aromatic N) is 1. The van der Waals surface area contributed by atoms with Crippen LogP contribution in [0, 0.1) is 5.92 Å². The number of benzene rings is 2. The summed E-state index contributed by atoms with van der Waals surface area (Å²) in [5.74, 6) is -0.804. The number of rotatable bonds is 4. The van der Waals surface area contributed by atoms with Gasteiger partial charge >= 0.3 is 5.97 Å². The first-order valence-corrected chi connectivity index (χ1v) is 9.26. The Bertz CT molecular complexity index is 1020. The van der Waals surface area contributed by atoms with E-state index in [1.54, 1.807) is 18.1 Å². The lowest BCUT2D eigenvalue weighted by Gasteiger charge is -2.30. The van der Waals surface area contributed by atoms with Crippen LogP contribution in [0.15, 0.2) is 52.9 Å². The van der Waals surface area contributed by atoms with Gasteiger partial charge in [-0.1, -0.05) is 30.3 Å². The van der Waals surface area contributed by atoms with E-state index >= 15 is 0 Å². The molecule has 4 rings (SSSR count). The number of carbonyl (C=O) groups excluding carboxylic acids is 1. The number of methoxy groups -OCH3 is 1. The Balaban J connectivity index is 1.81. The number of likely N-dealkylation sites (tertiary alicyclic amines) is 1. The van der Waals surface area contributed by atoms with Crippen molar-refractivity contribution in [2.45, 2.75) is 12.8 Å². The molecule has 0 bridgehead atoms. The average molecular weight is 379 g/mol. The van der Waals surface area contributed by atoms with Gasteiger partial charge in [0.15, 0.2) is 0 Å². The van der Waals surface area contributed by atoms with Crippen molar-refractivity contribution < 1.29 is 23.8 Å². The smallest absolute Gasteiger partial charge is 0.308 e. The molecule has 28 heavy (non-hydrogen) atoms. The van der Waals surface area contributed by atoms with Gasteiger partial charge in [-0.15, -0.1) is 0 Å². The van der Waals surface area contributed by atoms with E-state index in [1.165, 1.54) is 0 Å². The number of carboxylic acid groups (broad SMARTS) is 1. The highest BCUT2D eigenvalue weighted by Crippen LogP contribution is 2.37. The number of carboxylic acids is 1. The van der Waals surface area contributed by atoms with Gasteiger partial charge in [0, 0.05) is 30.1 Å². The third kappa shape index (κ3) is 3.22. The molecular weight excluding hydrogens is 358 g/mol. The second-order valence-electron chi connectivity index (χ2n) is 6.96. The molecule has 1 aromatic heterocycles. The summed E-state index contributed by atoms with van der Waals surface area (Å²) in [5, 5.41) is 10.2. The summed E-state index contributed by atoms with van der Waals surface area (Å²) in [6.07, 6.45) is 1.25. The van der Waals surface area contributed by atoms with E-state index in [0.29, 0.717) is 30.7 Å². The third-order valence-corrected chi connectivity index (χ3v) is 5.21. The highest BCUT2D eigenvalue weighted by molar-refractivity contribution is 6.08. The molecule has 6 heteroatoms. The van der Waals surface area contributed by atoms with E-state index < -0.39 is 11.9 Å². The number of hydrogen-bond acceptors (Lipinski definition) is 4. The van der Waals surface area contributed by atoms with Gasteiger partial charge < -0.3 is 19.2 Å². The van der Waals surface area contributed by atoms with Gasteiger partial charge in [-0.05, 0) is 30.5 Å². The van der Waals surface area contributed by atoms with Crippen molar-refractivity contribution in [2.75, 3.05) is 20.2 Å². The first kappa shape index (κ1) is 18.1. The Morgan fingerprint density at radius 2 is 1.96 bits per heavy atom. The van der Waals surface area contributed by atoms with Crippen molar-refractivity contribution in [3.8, 4) is 16.9 Å². The molecule has 0 aliphatic carbocycles. The molecule has 144 valence electrons. The zero-order chi connectivity index (χ0) is 19.7. The topological polar surface area (TPSA) is 80.0 Å². The van der Waals surface area contributed by atoms with Crippen LogP contribution in [0.2, 0.25) is 0 Å². The molecule has 1 unspecified atom stereocenters. The Morgan fingerprint density at radius 3 is 2.68 bits per heavy atom. The molecule has 1 fully saturated rings. The number of carbonyl (C=O) groups is 2. The van der Waals surface area contributed by atoms with E-state index in [-0.39, 0.29) is 18.2 Å². The Hall–Kier alpha value is -3.28. The number of hydrogen-bond donors (Lipinski definition) is 1. The minimum Gasteiger partial charge on any atom is -0.497 e. The Kier molecular flexibility index (Phi) is 4.77. The minimum absolute atomic E-state index is 0.197. The van der Waals surface area contributed by atoms with E-state index in [0.717, 1.165) is 16.5 Å². The molecule has 1 N–H and O–H groups in total. The minimum atomic E-state index is -0.866. The predicted molar refractivity (Wildman–Crippen MR) is 104 cm³/mol. The van der Waals surface area contributed by atoms with Gasteiger partial charge in [0.05, 0.1) is 13.0 Å². The number of ether oxygens (including phenoxy) is 1. The lowest BCUT2D eigenvalue weighted by molar-refractivity contribution is -0.143. The van der Waals surface area contributed by atoms with E-state index in [2.05, 4.69) is 0 Å². The van der Waals surface area contributed by atoms with Crippen molar-refractivity contribution >= 4 is 22.8 Å². The SMILES string of the molecule is COc1ccc2c(-c3ccccc3)c(C(=O)N3CCCC(C(=O)O)C3)oc2c1. The van der Waals surface area contributed by atoms with Crippen molar-refractivity contribution in [1.82, 2.24) is 4.90 Å². The number of piperidine rings is 1. The molecule has 1 saturated heterocycles. The van der Waals surface area contributed by atoms with Crippen molar-refractivity contribution in [3.63, 3.8) is 0 Å². The largest absolute Gasteiger partial charge is 0.497 e. The summed E-state index contributed by atoms with van der Waals surface area (Å²) < 4.78 is 11.3. The lowest BCUT2D eigenvalue weighted by atomic mass is 9.97. The van der Waals surface area contributed by atoms with Gasteiger partial charge in [-0.2, -0.15) is 0 Å². The summed E-state index contributed by atoms with van der Waals surface area (Å²) in [6.45, 7) is 0.722. The van der Waals surface area contributed by atoms with Crippen LogP contribution in [0.1, 0.15) is 23.4 Å². The predicted octanol–water partition coefficient (Wildman–Crippen LogP) is 4.05. The molecule has 1 aliphatic heterocycles. The summed E-state index contributed by atoms with van der Waals surface area (Å²) in [6, 6.07) is 15.1. The fraction of sp³-hybridized carbons (Fsp3) is 0.273. The van der Waals surface area contributed by atoms with Crippen LogP contribution in [-0.2, 0) is 4.79 Å². The van der Waals surface area contributed by atoms with Crippen LogP contribution in [0.4, 0.5) is 0 Å². The third-order valence-electron chi connectivity index (χ3n) is 5.21. The van der Waals surface area contributed by atoms with Gasteiger partial charge in [0.25, 0.3) is 5.91 Å². The summed E-state index contributed by atoms with van der Waals surface area (Å²) >= 11 is 0. The van der Waals surface area contributed by atoms with Crippen molar-refractivity contribution in [2.24, 2.45) is 5.92 Å². The lowest BCUT2D eigenvalue weighted by Crippen LogP contribution is -2.42. The standard InChI is InChI=1S/C22H21NO5/c1-27-16-9-10-17-18(12-16)28-20(19(17)14-6-3-2-4-7-14)21(24)23-11-5-8-15(13-23)22(25)26/h2-4,6-7,9-10,12,15H,5,8,11,13H2,1H3,(H,25,26). The van der Waals surface area contributed by atoms with E-state index in [4.69, 9.17) is 9.15 Å². The van der Waals surface area contributed by atoms with Gasteiger partial charge in [-0.3, -0.25) is 9.59 Å². The van der Waals surface area contributed by atoms with Gasteiger partial charge in [0.1, 0.15) is 11.3 Å². The normalized spacial score (nSPS) is 16.9. The first-order chi connectivity index (χ1) is 13.6. The van der Waals surface area contributed by atoms with Crippen molar-refractivity contribution in [1.29, 1.82) is 0 Å². The second kappa shape index (κ2) is 7.38. The van der Waals surface area contributed by atoms with Crippen LogP contribution in [0.3, 0.4) is 0 Å². The quantitative estimate of drug-likeness (QED) is 0.740. The molecule has 0 saturated carbocycles. The molecule has 0 radical (unpaired) electrons. The molecule has 2 heterocycles. The summed E-state index contributed by atoms with van der Waals surface area (Å²) in [7, 11) is 1.58. The van der Waals surface area contributed by atoms with Crippen LogP contribution in [-0.4, -0.2) is 42.1 Å². The summed E-state index contributed by atoms with van der Waals surface area (Å²) in [5.41, 5.74) is 2.16. The number of fused-ring (bicyclic) bond motifs is 1. The number of furan rings is 1. The molecule has 1 atom stereocenters. The van der Waals surface area contributed by atoms with E-state index in [9.17, 15) is 14.7 Å². The first-order valence-electron chi connectivity index (χ1n) is 9.26. The molecular formula is C22H21NO5. The molecule has 6 nitrogen and oxygen atoms in total. The zero-order valence-electron chi connectivity index (χ0n) is 15.6. The zero-order valence-corrected chi connectivity index (χ0v) is 15.6. The van der Waals surface area contributed by atoms with Crippen LogP contribution in [0.25, 0.3) is 22.1 Å². The Morgan fingerprint density at radius 1 is 1.18 bits per heavy atom. The van der Waals surface area contributed by atoms with E-state index in [1.807, 2.05) is 42.5 Å². The second-order valence-corrected chi connectivity index (χ2v) is 6.96. The molecule has 1 amide bonds. The Labute approximate surface area is 162 Å². The maximum Gasteiger partial charge on any atom is 0.308 e. The fourth-order valence-corrected chi connectivity index (χ4v) is 3.75. The van der Waals surface area contributed by atoms with Gasteiger partial charge in [-0.25, -0.2) is 0 Å². The maximum absolute atomic E-state index is 13.3. The monoisotopic (exact) mass is 379 g/mol. The average Bonchev–Trinajstić information content (AvgIpc) is 3.12. The fourth-order valence-electron chi connectivity index (χ4n) is 3.75. The molecule has 0 spiro atoms. The number of aliphatic carboxylic acids is 1. The van der Waals surface area contributed by atoms with Crippen LogP contribution >= 0.6 is 0 Å². The van der Waals surface area contributed by atoms with Crippen molar-refractivity contribution in [3.05, 3.63) is 54.3 Å². The van der Waals surface area contributed by atoms with Gasteiger partial charge in [0.2, 0.25) is 5.76 Å². The maximum atomic E-state index is 13.3. The van der Waals surface area contributed by atoms with Crippen LogP contribution in [0.5, 0.6) is 5.75 Å². The highest BCUT2D eigenvalue weighted by atomic mass is 16.5. The molecule has 3 aromatic rings. The summed E-state index contributed by atoms with van der Waals surface area (Å²) in [4.78, 5) is 26.3. The number of amides is 1. The van der Waals surface area contributed by atoms with Crippen LogP contribution < -0.4 is 4.74 Å².